The Balaban J connectivity index is 2.00. The molecule has 9 nitrogen and oxygen atoms in total. The number of nitrogens with zero attached hydrogens (tertiary/aromatic N) is 4. The number of imidazole rings is 1. The third-order valence-corrected chi connectivity index (χ3v) is 3.45. The minimum atomic E-state index is -0.738. The van der Waals surface area contributed by atoms with Gasteiger partial charge in [0, 0.05) is 6.42 Å². The standard InChI is InChI=1S/C13H19N5O4/c1-6(2)21-12-10-11(16-13(14)17-12)18(5-15-10)9-3-7(20)8(4-19)22-9/h5-9,19-20H,3-4H2,1-2H3,(H2,14,16,17)/t7-,8+,9+/m0/s1. The summed E-state index contributed by atoms with van der Waals surface area (Å²) in [6.45, 7) is 3.51. The van der Waals surface area contributed by atoms with Crippen LogP contribution in [0, 0.1) is 0 Å². The lowest BCUT2D eigenvalue weighted by molar-refractivity contribution is -0.0432. The van der Waals surface area contributed by atoms with E-state index >= 15 is 0 Å². The van der Waals surface area contributed by atoms with E-state index in [1.165, 1.54) is 0 Å². The topological polar surface area (TPSA) is 129 Å². The van der Waals surface area contributed by atoms with E-state index in [9.17, 15) is 10.2 Å². The Labute approximate surface area is 126 Å². The molecule has 1 fully saturated rings. The molecule has 0 aromatic carbocycles. The Bertz CT molecular complexity index is 674. The van der Waals surface area contributed by atoms with Gasteiger partial charge in [-0.25, -0.2) is 4.98 Å². The van der Waals surface area contributed by atoms with Crippen LogP contribution in [0.2, 0.25) is 0 Å². The van der Waals surface area contributed by atoms with Gasteiger partial charge in [-0.3, -0.25) is 4.57 Å². The van der Waals surface area contributed by atoms with Crippen molar-refractivity contribution in [2.75, 3.05) is 12.3 Å². The van der Waals surface area contributed by atoms with Gasteiger partial charge >= 0.3 is 0 Å². The summed E-state index contributed by atoms with van der Waals surface area (Å²) >= 11 is 0. The molecule has 3 atom stereocenters. The highest BCUT2D eigenvalue weighted by Crippen LogP contribution is 2.32. The average Bonchev–Trinajstić information content (AvgIpc) is 3.01. The van der Waals surface area contributed by atoms with Gasteiger partial charge in [0.1, 0.15) is 12.3 Å². The molecule has 4 N–H and O–H groups in total. The summed E-state index contributed by atoms with van der Waals surface area (Å²) in [6, 6.07) is 0. The molecule has 2 aromatic rings. The molecule has 2 aromatic heterocycles. The Morgan fingerprint density at radius 3 is 2.91 bits per heavy atom. The fourth-order valence-corrected chi connectivity index (χ4v) is 2.47. The number of ether oxygens (including phenoxy) is 2. The summed E-state index contributed by atoms with van der Waals surface area (Å²) in [6.07, 6.45) is -0.0280. The zero-order chi connectivity index (χ0) is 15.9. The van der Waals surface area contributed by atoms with Crippen molar-refractivity contribution >= 4 is 17.1 Å². The number of aromatic nitrogens is 4. The van der Waals surface area contributed by atoms with Crippen LogP contribution in [0.3, 0.4) is 0 Å². The summed E-state index contributed by atoms with van der Waals surface area (Å²) in [5.41, 5.74) is 6.69. The summed E-state index contributed by atoms with van der Waals surface area (Å²) in [5.74, 6) is 0.385. The van der Waals surface area contributed by atoms with Crippen LogP contribution in [0.1, 0.15) is 26.5 Å². The van der Waals surface area contributed by atoms with Crippen LogP contribution in [-0.4, -0.2) is 54.7 Å². The molecule has 1 aliphatic rings. The molecule has 22 heavy (non-hydrogen) atoms. The SMILES string of the molecule is CC(C)Oc1nc(N)nc2c1ncn2[C@H]1C[C@H](O)[C@@H](CO)O1. The molecular formula is C13H19N5O4. The van der Waals surface area contributed by atoms with E-state index in [0.717, 1.165) is 0 Å². The Morgan fingerprint density at radius 2 is 2.27 bits per heavy atom. The van der Waals surface area contributed by atoms with Gasteiger partial charge in [-0.2, -0.15) is 9.97 Å². The van der Waals surface area contributed by atoms with E-state index in [4.69, 9.17) is 15.2 Å². The molecule has 1 aliphatic heterocycles. The number of rotatable bonds is 4. The summed E-state index contributed by atoms with van der Waals surface area (Å²) in [5, 5.41) is 19.0. The van der Waals surface area contributed by atoms with E-state index in [2.05, 4.69) is 15.0 Å². The van der Waals surface area contributed by atoms with Crippen molar-refractivity contribution in [1.82, 2.24) is 19.5 Å². The first-order valence-electron chi connectivity index (χ1n) is 7.10. The largest absolute Gasteiger partial charge is 0.473 e. The highest BCUT2D eigenvalue weighted by Gasteiger charge is 2.35. The van der Waals surface area contributed by atoms with Crippen LogP contribution >= 0.6 is 0 Å². The van der Waals surface area contributed by atoms with Gasteiger partial charge in [-0.15, -0.1) is 0 Å². The monoisotopic (exact) mass is 309 g/mol. The predicted octanol–water partition coefficient (Wildman–Crippen LogP) is -0.164. The lowest BCUT2D eigenvalue weighted by atomic mass is 10.2. The number of hydrogen-bond donors (Lipinski definition) is 3. The van der Waals surface area contributed by atoms with Gasteiger partial charge < -0.3 is 25.4 Å². The lowest BCUT2D eigenvalue weighted by Gasteiger charge is -2.14. The number of hydrogen-bond acceptors (Lipinski definition) is 8. The summed E-state index contributed by atoms with van der Waals surface area (Å²) in [7, 11) is 0. The first kappa shape index (κ1) is 14.9. The second-order valence-corrected chi connectivity index (χ2v) is 5.49. The second-order valence-electron chi connectivity index (χ2n) is 5.49. The molecule has 3 heterocycles. The Morgan fingerprint density at radius 1 is 1.50 bits per heavy atom. The van der Waals surface area contributed by atoms with Crippen LogP contribution in [-0.2, 0) is 4.74 Å². The van der Waals surface area contributed by atoms with E-state index < -0.39 is 18.4 Å². The van der Waals surface area contributed by atoms with E-state index in [-0.39, 0.29) is 18.7 Å². The molecule has 120 valence electrons. The molecule has 1 saturated heterocycles. The van der Waals surface area contributed by atoms with E-state index in [0.29, 0.717) is 23.5 Å². The van der Waals surface area contributed by atoms with Crippen molar-refractivity contribution in [3.8, 4) is 5.88 Å². The van der Waals surface area contributed by atoms with Crippen molar-refractivity contribution in [3.63, 3.8) is 0 Å². The van der Waals surface area contributed by atoms with Crippen molar-refractivity contribution < 1.29 is 19.7 Å². The first-order chi connectivity index (χ1) is 10.5. The predicted molar refractivity (Wildman–Crippen MR) is 77.1 cm³/mol. The Hall–Kier alpha value is -1.97. The third-order valence-electron chi connectivity index (χ3n) is 3.45. The highest BCUT2D eigenvalue weighted by atomic mass is 16.5. The second kappa shape index (κ2) is 5.67. The van der Waals surface area contributed by atoms with Crippen LogP contribution in [0.4, 0.5) is 5.95 Å². The zero-order valence-electron chi connectivity index (χ0n) is 12.4. The number of nitrogens with two attached hydrogens (primary N) is 1. The number of aliphatic hydroxyl groups is 2. The van der Waals surface area contributed by atoms with Gasteiger partial charge in [0.15, 0.2) is 11.2 Å². The minimum Gasteiger partial charge on any atom is -0.473 e. The average molecular weight is 309 g/mol. The van der Waals surface area contributed by atoms with Crippen molar-refractivity contribution in [2.45, 2.75) is 44.8 Å². The van der Waals surface area contributed by atoms with Crippen LogP contribution in [0.25, 0.3) is 11.2 Å². The van der Waals surface area contributed by atoms with Crippen LogP contribution in [0.15, 0.2) is 6.33 Å². The minimum absolute atomic E-state index is 0.0714. The zero-order valence-corrected chi connectivity index (χ0v) is 12.4. The van der Waals surface area contributed by atoms with E-state index in [1.807, 2.05) is 13.8 Å². The van der Waals surface area contributed by atoms with Gasteiger partial charge in [0.2, 0.25) is 11.8 Å². The van der Waals surface area contributed by atoms with Gasteiger partial charge in [0.05, 0.1) is 25.1 Å². The van der Waals surface area contributed by atoms with E-state index in [1.54, 1.807) is 10.9 Å². The highest BCUT2D eigenvalue weighted by molar-refractivity contribution is 5.77. The van der Waals surface area contributed by atoms with Crippen molar-refractivity contribution in [3.05, 3.63) is 6.33 Å². The number of anilines is 1. The summed E-state index contributed by atoms with van der Waals surface area (Å²) in [4.78, 5) is 12.5. The molecule has 0 bridgehead atoms. The first-order valence-corrected chi connectivity index (χ1v) is 7.10. The maximum atomic E-state index is 9.86. The van der Waals surface area contributed by atoms with Crippen molar-refractivity contribution in [1.29, 1.82) is 0 Å². The van der Waals surface area contributed by atoms with Gasteiger partial charge in [-0.1, -0.05) is 0 Å². The molecule has 0 radical (unpaired) electrons. The molecule has 0 aliphatic carbocycles. The van der Waals surface area contributed by atoms with Crippen LogP contribution < -0.4 is 10.5 Å². The molecule has 3 rings (SSSR count). The van der Waals surface area contributed by atoms with Crippen LogP contribution in [0.5, 0.6) is 5.88 Å². The lowest BCUT2D eigenvalue weighted by Crippen LogP contribution is -2.24. The number of nitrogen functional groups attached to an aromatic ring is 1. The summed E-state index contributed by atoms with van der Waals surface area (Å²) < 4.78 is 12.9. The smallest absolute Gasteiger partial charge is 0.247 e. The Kier molecular flexibility index (Phi) is 3.85. The number of fused-ring (bicyclic) bond motifs is 1. The van der Waals surface area contributed by atoms with Crippen molar-refractivity contribution in [2.24, 2.45) is 0 Å². The van der Waals surface area contributed by atoms with Gasteiger partial charge in [0.25, 0.3) is 0 Å². The molecule has 0 saturated carbocycles. The fourth-order valence-electron chi connectivity index (χ4n) is 2.47. The number of aliphatic hydroxyl groups excluding tert-OH is 2. The molecule has 9 heteroatoms. The molecular weight excluding hydrogens is 290 g/mol. The molecule has 0 spiro atoms. The quantitative estimate of drug-likeness (QED) is 0.710. The fraction of sp³-hybridized carbons (Fsp3) is 0.615. The maximum Gasteiger partial charge on any atom is 0.247 e. The third kappa shape index (κ3) is 2.58. The maximum absolute atomic E-state index is 9.86. The molecule has 0 unspecified atom stereocenters. The normalized spacial score (nSPS) is 25.2. The van der Waals surface area contributed by atoms with Gasteiger partial charge in [-0.05, 0) is 13.8 Å². The molecule has 0 amide bonds.